The first-order chi connectivity index (χ1) is 14.5. The highest BCUT2D eigenvalue weighted by Crippen LogP contribution is 2.14. The van der Waals surface area contributed by atoms with Gasteiger partial charge >= 0.3 is 0 Å². The first-order valence-corrected chi connectivity index (χ1v) is 9.25. The molecule has 0 fully saturated rings. The zero-order chi connectivity index (χ0) is 21.3. The van der Waals surface area contributed by atoms with Gasteiger partial charge in [0.1, 0.15) is 11.6 Å². The highest BCUT2D eigenvalue weighted by atomic mass is 35.5. The van der Waals surface area contributed by atoms with Crippen molar-refractivity contribution in [1.82, 2.24) is 5.43 Å². The van der Waals surface area contributed by atoms with Crippen LogP contribution in [0.3, 0.4) is 0 Å². The van der Waals surface area contributed by atoms with E-state index in [0.29, 0.717) is 27.6 Å². The standard InChI is InChI=1S/C22H17ClFN3O3/c23-17-6-4-16(5-7-17)22(29)26-19-3-1-2-15(12-19)13-25-27-21(28)14-30-20-10-8-18(24)9-11-20/h1-13H,14H2,(H,26,29)(H,27,28)/b25-13+. The van der Waals surface area contributed by atoms with Gasteiger partial charge in [0, 0.05) is 16.3 Å². The number of benzene rings is 3. The number of nitrogens with zero attached hydrogens (tertiary/aromatic N) is 1. The molecule has 0 saturated heterocycles. The molecule has 2 N–H and O–H groups in total. The lowest BCUT2D eigenvalue weighted by Gasteiger charge is -2.06. The van der Waals surface area contributed by atoms with Crippen molar-refractivity contribution in [2.24, 2.45) is 5.10 Å². The lowest BCUT2D eigenvalue weighted by Crippen LogP contribution is -2.24. The molecule has 3 aromatic carbocycles. The second-order valence-corrected chi connectivity index (χ2v) is 6.56. The number of amides is 2. The second kappa shape index (κ2) is 10.2. The van der Waals surface area contributed by atoms with Crippen molar-refractivity contribution in [3.8, 4) is 5.75 Å². The van der Waals surface area contributed by atoms with Crippen molar-refractivity contribution >= 4 is 35.3 Å². The van der Waals surface area contributed by atoms with Gasteiger partial charge in [0.2, 0.25) is 0 Å². The predicted molar refractivity (Wildman–Crippen MR) is 113 cm³/mol. The summed E-state index contributed by atoms with van der Waals surface area (Å²) in [5.41, 5.74) is 4.06. The van der Waals surface area contributed by atoms with Crippen LogP contribution in [0.4, 0.5) is 10.1 Å². The Morgan fingerprint density at radius 2 is 1.77 bits per heavy atom. The van der Waals surface area contributed by atoms with Gasteiger partial charge in [0.25, 0.3) is 11.8 Å². The number of carbonyl (C=O) groups is 2. The fourth-order valence-corrected chi connectivity index (χ4v) is 2.52. The molecule has 0 heterocycles. The lowest BCUT2D eigenvalue weighted by molar-refractivity contribution is -0.123. The number of anilines is 1. The van der Waals surface area contributed by atoms with Crippen LogP contribution >= 0.6 is 11.6 Å². The van der Waals surface area contributed by atoms with Crippen LogP contribution in [0.2, 0.25) is 5.02 Å². The zero-order valence-corrected chi connectivity index (χ0v) is 16.4. The Hall–Kier alpha value is -3.71. The van der Waals surface area contributed by atoms with Crippen molar-refractivity contribution in [1.29, 1.82) is 0 Å². The molecule has 0 aromatic heterocycles. The Bertz CT molecular complexity index is 1050. The summed E-state index contributed by atoms with van der Waals surface area (Å²) in [5, 5.41) is 7.20. The van der Waals surface area contributed by atoms with E-state index < -0.39 is 5.91 Å². The Morgan fingerprint density at radius 1 is 1.03 bits per heavy atom. The van der Waals surface area contributed by atoms with E-state index in [9.17, 15) is 14.0 Å². The number of rotatable bonds is 7. The maximum atomic E-state index is 12.8. The van der Waals surface area contributed by atoms with Gasteiger partial charge < -0.3 is 10.1 Å². The van der Waals surface area contributed by atoms with Crippen LogP contribution in [0.1, 0.15) is 15.9 Å². The van der Waals surface area contributed by atoms with Crippen LogP contribution in [0.5, 0.6) is 5.75 Å². The number of carbonyl (C=O) groups excluding carboxylic acids is 2. The number of hydrazone groups is 1. The highest BCUT2D eigenvalue weighted by molar-refractivity contribution is 6.30. The molecule has 152 valence electrons. The maximum Gasteiger partial charge on any atom is 0.277 e. The van der Waals surface area contributed by atoms with Crippen LogP contribution in [-0.2, 0) is 4.79 Å². The summed E-state index contributed by atoms with van der Waals surface area (Å²) in [5.74, 6) is -0.752. The molecule has 2 amide bonds. The van der Waals surface area contributed by atoms with Gasteiger partial charge in [-0.15, -0.1) is 0 Å². The number of hydrogen-bond donors (Lipinski definition) is 2. The topological polar surface area (TPSA) is 79.8 Å². The van der Waals surface area contributed by atoms with E-state index in [4.69, 9.17) is 16.3 Å². The van der Waals surface area contributed by atoms with E-state index in [2.05, 4.69) is 15.8 Å². The molecule has 3 rings (SSSR count). The number of ether oxygens (including phenoxy) is 1. The van der Waals surface area contributed by atoms with E-state index in [-0.39, 0.29) is 18.3 Å². The number of hydrogen-bond acceptors (Lipinski definition) is 4. The molecule has 0 spiro atoms. The second-order valence-electron chi connectivity index (χ2n) is 6.12. The van der Waals surface area contributed by atoms with E-state index in [1.54, 1.807) is 48.5 Å². The van der Waals surface area contributed by atoms with Crippen LogP contribution in [0.15, 0.2) is 77.9 Å². The summed E-state index contributed by atoms with van der Waals surface area (Å²) in [6.45, 7) is -0.264. The molecule has 0 bridgehead atoms. The van der Waals surface area contributed by atoms with E-state index in [0.717, 1.165) is 0 Å². The van der Waals surface area contributed by atoms with E-state index >= 15 is 0 Å². The molecular weight excluding hydrogens is 409 g/mol. The van der Waals surface area contributed by atoms with Gasteiger partial charge in [-0.25, -0.2) is 9.82 Å². The van der Waals surface area contributed by atoms with Crippen LogP contribution < -0.4 is 15.5 Å². The Labute approximate surface area is 177 Å². The molecule has 3 aromatic rings. The first kappa shape index (κ1) is 21.0. The highest BCUT2D eigenvalue weighted by Gasteiger charge is 2.06. The Morgan fingerprint density at radius 3 is 2.50 bits per heavy atom. The van der Waals surface area contributed by atoms with Gasteiger partial charge in [-0.1, -0.05) is 23.7 Å². The lowest BCUT2D eigenvalue weighted by atomic mass is 10.2. The third kappa shape index (κ3) is 6.42. The molecule has 8 heteroatoms. The van der Waals surface area contributed by atoms with Crippen LogP contribution in [0, 0.1) is 5.82 Å². The van der Waals surface area contributed by atoms with Crippen molar-refractivity contribution in [3.05, 3.63) is 94.8 Å². The summed E-state index contributed by atoms with van der Waals surface area (Å²) >= 11 is 5.83. The minimum absolute atomic E-state index is 0.264. The largest absolute Gasteiger partial charge is 0.484 e. The normalized spacial score (nSPS) is 10.6. The van der Waals surface area contributed by atoms with Crippen molar-refractivity contribution in [2.75, 3.05) is 11.9 Å². The summed E-state index contributed by atoms with van der Waals surface area (Å²) in [6, 6.07) is 18.8. The molecule has 0 aliphatic carbocycles. The number of halogens is 2. The maximum absolute atomic E-state index is 12.8. The summed E-state index contributed by atoms with van der Waals surface area (Å²) < 4.78 is 18.1. The van der Waals surface area contributed by atoms with Gasteiger partial charge in [0.15, 0.2) is 6.61 Å². The Kier molecular flexibility index (Phi) is 7.13. The fourth-order valence-electron chi connectivity index (χ4n) is 2.39. The fraction of sp³-hybridized carbons (Fsp3) is 0.0455. The van der Waals surface area contributed by atoms with Crippen LogP contribution in [-0.4, -0.2) is 24.6 Å². The smallest absolute Gasteiger partial charge is 0.277 e. The first-order valence-electron chi connectivity index (χ1n) is 8.87. The van der Waals surface area contributed by atoms with Crippen molar-refractivity contribution in [3.63, 3.8) is 0 Å². The third-order valence-electron chi connectivity index (χ3n) is 3.84. The molecular formula is C22H17ClFN3O3. The molecule has 0 saturated carbocycles. The molecule has 0 radical (unpaired) electrons. The van der Waals surface area contributed by atoms with Crippen molar-refractivity contribution in [2.45, 2.75) is 0 Å². The van der Waals surface area contributed by atoms with Gasteiger partial charge in [-0.2, -0.15) is 5.10 Å². The van der Waals surface area contributed by atoms with E-state index in [1.165, 1.54) is 30.5 Å². The minimum atomic E-state index is -0.470. The van der Waals surface area contributed by atoms with Crippen molar-refractivity contribution < 1.29 is 18.7 Å². The van der Waals surface area contributed by atoms with Gasteiger partial charge in [-0.3, -0.25) is 9.59 Å². The average Bonchev–Trinajstić information content (AvgIpc) is 2.74. The predicted octanol–water partition coefficient (Wildman–Crippen LogP) is 4.26. The molecule has 6 nitrogen and oxygen atoms in total. The molecule has 0 aliphatic heterocycles. The zero-order valence-electron chi connectivity index (χ0n) is 15.6. The molecule has 0 atom stereocenters. The van der Waals surface area contributed by atoms with Gasteiger partial charge in [0.05, 0.1) is 6.21 Å². The summed E-state index contributed by atoms with van der Waals surface area (Å²) in [7, 11) is 0. The van der Waals surface area contributed by atoms with Gasteiger partial charge in [-0.05, 0) is 66.2 Å². The average molecular weight is 426 g/mol. The van der Waals surface area contributed by atoms with Crippen LogP contribution in [0.25, 0.3) is 0 Å². The SMILES string of the molecule is O=C(COc1ccc(F)cc1)N/N=C/c1cccc(NC(=O)c2ccc(Cl)cc2)c1. The summed E-state index contributed by atoms with van der Waals surface area (Å²) in [4.78, 5) is 24.0. The summed E-state index contributed by atoms with van der Waals surface area (Å²) in [6.07, 6.45) is 1.44. The van der Waals surface area contributed by atoms with E-state index in [1.807, 2.05) is 0 Å². The number of nitrogens with one attached hydrogen (secondary N) is 2. The monoisotopic (exact) mass is 425 g/mol. The Balaban J connectivity index is 1.50. The molecule has 30 heavy (non-hydrogen) atoms. The molecule has 0 unspecified atom stereocenters. The molecule has 0 aliphatic rings. The third-order valence-corrected chi connectivity index (χ3v) is 4.09. The quantitative estimate of drug-likeness (QED) is 0.438. The minimum Gasteiger partial charge on any atom is -0.484 e.